The number of carbonyl (C=O) groups is 1. The van der Waals surface area contributed by atoms with E-state index in [0.29, 0.717) is 16.9 Å². The highest BCUT2D eigenvalue weighted by Crippen LogP contribution is 2.22. The highest BCUT2D eigenvalue weighted by Gasteiger charge is 2.12. The number of fused-ring (bicyclic) bond motifs is 1. The number of benzene rings is 2. The maximum atomic E-state index is 13.1. The molecule has 29 heavy (non-hydrogen) atoms. The zero-order valence-electron chi connectivity index (χ0n) is 15.7. The van der Waals surface area contributed by atoms with Crippen molar-refractivity contribution in [2.75, 3.05) is 5.32 Å². The van der Waals surface area contributed by atoms with Gasteiger partial charge in [0.2, 0.25) is 11.9 Å². The summed E-state index contributed by atoms with van der Waals surface area (Å²) >= 11 is 0. The molecule has 0 radical (unpaired) electrons. The zero-order chi connectivity index (χ0) is 20.4. The molecule has 7 nitrogen and oxygen atoms in total. The van der Waals surface area contributed by atoms with Crippen molar-refractivity contribution >= 4 is 22.8 Å². The van der Waals surface area contributed by atoms with Crippen molar-refractivity contribution < 1.29 is 9.18 Å². The molecule has 2 aromatic carbocycles. The van der Waals surface area contributed by atoms with Crippen LogP contribution in [0.3, 0.4) is 0 Å². The molecule has 0 bridgehead atoms. The molecule has 0 aliphatic rings. The van der Waals surface area contributed by atoms with Gasteiger partial charge in [0.05, 0.1) is 29.1 Å². The van der Waals surface area contributed by atoms with Crippen LogP contribution in [-0.2, 0) is 18.4 Å². The Balaban J connectivity index is 1.45. The van der Waals surface area contributed by atoms with Crippen molar-refractivity contribution in [1.82, 2.24) is 19.1 Å². The van der Waals surface area contributed by atoms with Crippen LogP contribution in [-0.4, -0.2) is 25.0 Å². The number of halogens is 1. The van der Waals surface area contributed by atoms with Crippen LogP contribution in [0.1, 0.15) is 6.42 Å². The number of hydrogen-bond donors (Lipinski definition) is 1. The Labute approximate surface area is 165 Å². The molecule has 146 valence electrons. The van der Waals surface area contributed by atoms with E-state index in [2.05, 4.69) is 15.3 Å². The van der Waals surface area contributed by atoms with E-state index in [1.54, 1.807) is 48.1 Å². The van der Waals surface area contributed by atoms with Crippen LogP contribution < -0.4 is 10.9 Å². The van der Waals surface area contributed by atoms with Gasteiger partial charge in [-0.1, -0.05) is 12.1 Å². The quantitative estimate of drug-likeness (QED) is 0.567. The average Bonchev–Trinajstić information content (AvgIpc) is 3.08. The van der Waals surface area contributed by atoms with E-state index in [0.717, 1.165) is 11.3 Å². The monoisotopic (exact) mass is 391 g/mol. The third-order valence-corrected chi connectivity index (χ3v) is 4.69. The Kier molecular flexibility index (Phi) is 4.90. The number of amides is 1. The number of para-hydroxylation sites is 1. The van der Waals surface area contributed by atoms with Gasteiger partial charge in [-0.2, -0.15) is 0 Å². The molecule has 0 aliphatic carbocycles. The molecule has 2 heterocycles. The van der Waals surface area contributed by atoms with Gasteiger partial charge in [-0.05, 0) is 36.4 Å². The highest BCUT2D eigenvalue weighted by molar-refractivity contribution is 5.89. The first-order valence-electron chi connectivity index (χ1n) is 9.04. The minimum atomic E-state index is -0.317. The number of anilines is 1. The largest absolute Gasteiger partial charge is 0.313 e. The van der Waals surface area contributed by atoms with Gasteiger partial charge in [-0.25, -0.2) is 14.4 Å². The lowest BCUT2D eigenvalue weighted by molar-refractivity contribution is -0.116. The van der Waals surface area contributed by atoms with Crippen LogP contribution in [0.4, 0.5) is 10.3 Å². The van der Waals surface area contributed by atoms with E-state index in [-0.39, 0.29) is 30.2 Å². The SMILES string of the molecule is Cn1c(-c2ccc(F)cc2)cnc1NC(=O)CCn1cnc2ccccc2c1=O. The number of hydrogen-bond acceptors (Lipinski definition) is 4. The summed E-state index contributed by atoms with van der Waals surface area (Å²) in [6.07, 6.45) is 3.16. The van der Waals surface area contributed by atoms with Crippen LogP contribution in [0.2, 0.25) is 0 Å². The van der Waals surface area contributed by atoms with Crippen LogP contribution in [0.25, 0.3) is 22.2 Å². The fourth-order valence-corrected chi connectivity index (χ4v) is 3.09. The molecule has 0 unspecified atom stereocenters. The maximum absolute atomic E-state index is 13.1. The lowest BCUT2D eigenvalue weighted by Gasteiger charge is -2.09. The maximum Gasteiger partial charge on any atom is 0.261 e. The molecule has 1 amide bonds. The molecular formula is C21H18FN5O2. The number of aromatic nitrogens is 4. The predicted octanol–water partition coefficient (Wildman–Crippen LogP) is 2.96. The second-order valence-electron chi connectivity index (χ2n) is 6.59. The van der Waals surface area contributed by atoms with E-state index >= 15 is 0 Å². The van der Waals surface area contributed by atoms with Gasteiger partial charge in [-0.15, -0.1) is 0 Å². The van der Waals surface area contributed by atoms with Crippen molar-refractivity contribution in [3.05, 3.63) is 77.2 Å². The number of nitrogens with one attached hydrogen (secondary N) is 1. The minimum absolute atomic E-state index is 0.0959. The summed E-state index contributed by atoms with van der Waals surface area (Å²) < 4.78 is 16.2. The Hall–Kier alpha value is -3.81. The number of nitrogens with zero attached hydrogens (tertiary/aromatic N) is 4. The summed E-state index contributed by atoms with van der Waals surface area (Å²) in [6, 6.07) is 13.1. The Morgan fingerprint density at radius 2 is 1.86 bits per heavy atom. The second kappa shape index (κ2) is 7.67. The van der Waals surface area contributed by atoms with Gasteiger partial charge >= 0.3 is 0 Å². The van der Waals surface area contributed by atoms with Crippen molar-refractivity contribution in [1.29, 1.82) is 0 Å². The molecule has 4 aromatic rings. The number of aryl methyl sites for hydroxylation is 1. The van der Waals surface area contributed by atoms with Crippen LogP contribution in [0, 0.1) is 5.82 Å². The smallest absolute Gasteiger partial charge is 0.261 e. The number of rotatable bonds is 5. The summed E-state index contributed by atoms with van der Waals surface area (Å²) in [5, 5.41) is 3.26. The zero-order valence-corrected chi connectivity index (χ0v) is 15.7. The molecule has 0 saturated carbocycles. The molecule has 0 atom stereocenters. The summed E-state index contributed by atoms with van der Waals surface area (Å²) in [4.78, 5) is 33.3. The van der Waals surface area contributed by atoms with Crippen molar-refractivity contribution in [2.45, 2.75) is 13.0 Å². The van der Waals surface area contributed by atoms with Crippen molar-refractivity contribution in [3.8, 4) is 11.3 Å². The molecule has 0 aliphatic heterocycles. The third-order valence-electron chi connectivity index (χ3n) is 4.69. The lowest BCUT2D eigenvalue weighted by Crippen LogP contribution is -2.24. The first-order chi connectivity index (χ1) is 14.0. The second-order valence-corrected chi connectivity index (χ2v) is 6.59. The van der Waals surface area contributed by atoms with E-state index in [1.807, 2.05) is 6.07 Å². The summed E-state index contributed by atoms with van der Waals surface area (Å²) in [7, 11) is 1.76. The Morgan fingerprint density at radius 3 is 2.66 bits per heavy atom. The molecule has 4 rings (SSSR count). The van der Waals surface area contributed by atoms with E-state index in [4.69, 9.17) is 0 Å². The predicted molar refractivity (Wildman–Crippen MR) is 108 cm³/mol. The minimum Gasteiger partial charge on any atom is -0.313 e. The van der Waals surface area contributed by atoms with Gasteiger partial charge < -0.3 is 4.57 Å². The Morgan fingerprint density at radius 1 is 1.10 bits per heavy atom. The topological polar surface area (TPSA) is 81.8 Å². The molecule has 0 spiro atoms. The van der Waals surface area contributed by atoms with Gasteiger partial charge in [0.25, 0.3) is 5.56 Å². The Bertz CT molecular complexity index is 1240. The summed E-state index contributed by atoms with van der Waals surface area (Å²) in [5.41, 5.74) is 1.98. The standard InChI is InChI=1S/C21H18FN5O2/c1-26-18(14-6-8-15(22)9-7-14)12-23-21(26)25-19(28)10-11-27-13-24-17-5-3-2-4-16(17)20(27)29/h2-9,12-13H,10-11H2,1H3,(H,23,25,28). The van der Waals surface area contributed by atoms with Crippen LogP contribution >= 0.6 is 0 Å². The van der Waals surface area contributed by atoms with Gasteiger partial charge in [0.1, 0.15) is 5.82 Å². The van der Waals surface area contributed by atoms with E-state index in [9.17, 15) is 14.0 Å². The fourth-order valence-electron chi connectivity index (χ4n) is 3.09. The van der Waals surface area contributed by atoms with Gasteiger partial charge in [0.15, 0.2) is 0 Å². The number of carbonyl (C=O) groups excluding carboxylic acids is 1. The third kappa shape index (κ3) is 3.77. The number of imidazole rings is 1. The van der Waals surface area contributed by atoms with E-state index in [1.165, 1.54) is 23.0 Å². The lowest BCUT2D eigenvalue weighted by atomic mass is 10.2. The highest BCUT2D eigenvalue weighted by atomic mass is 19.1. The fraction of sp³-hybridized carbons (Fsp3) is 0.143. The first kappa shape index (κ1) is 18.5. The molecule has 8 heteroatoms. The van der Waals surface area contributed by atoms with Crippen molar-refractivity contribution in [2.24, 2.45) is 7.05 Å². The molecule has 0 saturated heterocycles. The van der Waals surface area contributed by atoms with Crippen LogP contribution in [0.15, 0.2) is 65.8 Å². The van der Waals surface area contributed by atoms with Gasteiger partial charge in [0, 0.05) is 25.6 Å². The molecule has 0 fully saturated rings. The first-order valence-corrected chi connectivity index (χ1v) is 9.04. The average molecular weight is 391 g/mol. The molecule has 2 aromatic heterocycles. The normalized spacial score (nSPS) is 11.0. The van der Waals surface area contributed by atoms with Gasteiger partial charge in [-0.3, -0.25) is 19.5 Å². The molecule has 1 N–H and O–H groups in total. The van der Waals surface area contributed by atoms with Crippen LogP contribution in [0.5, 0.6) is 0 Å². The molecular weight excluding hydrogens is 373 g/mol. The van der Waals surface area contributed by atoms with Crippen molar-refractivity contribution in [3.63, 3.8) is 0 Å². The summed E-state index contributed by atoms with van der Waals surface area (Å²) in [5.74, 6) is -0.217. The summed E-state index contributed by atoms with van der Waals surface area (Å²) in [6.45, 7) is 0.206. The van der Waals surface area contributed by atoms with E-state index < -0.39 is 0 Å².